The molecular formula is C28H24ClNO7S. The van der Waals surface area contributed by atoms with Crippen LogP contribution in [-0.4, -0.2) is 43.1 Å². The van der Waals surface area contributed by atoms with Crippen molar-refractivity contribution in [1.29, 1.82) is 0 Å². The number of ether oxygens (including phenoxy) is 3. The highest BCUT2D eigenvalue weighted by molar-refractivity contribution is 7.16. The molecule has 4 rings (SSSR count). The molecule has 196 valence electrons. The van der Waals surface area contributed by atoms with Crippen molar-refractivity contribution in [2.24, 2.45) is 5.92 Å². The quantitative estimate of drug-likeness (QED) is 0.161. The van der Waals surface area contributed by atoms with Crippen molar-refractivity contribution in [1.82, 2.24) is 4.57 Å². The van der Waals surface area contributed by atoms with Crippen LogP contribution in [0.3, 0.4) is 0 Å². The number of nitrogens with zero attached hydrogens (tertiary/aromatic N) is 1. The summed E-state index contributed by atoms with van der Waals surface area (Å²) < 4.78 is 17.5. The Kier molecular flexibility index (Phi) is 8.60. The molecule has 0 aliphatic carbocycles. The second-order valence-electron chi connectivity index (χ2n) is 8.34. The number of carbonyl (C=O) groups is 3. The number of ketones is 1. The van der Waals surface area contributed by atoms with Crippen molar-refractivity contribution in [3.63, 3.8) is 0 Å². The molecule has 1 aromatic heterocycles. The Morgan fingerprint density at radius 2 is 1.61 bits per heavy atom. The zero-order valence-electron chi connectivity index (χ0n) is 20.6. The third-order valence-electron chi connectivity index (χ3n) is 5.94. The summed E-state index contributed by atoms with van der Waals surface area (Å²) in [6.07, 6.45) is 0.137. The Morgan fingerprint density at radius 3 is 2.26 bits per heavy atom. The fourth-order valence-corrected chi connectivity index (χ4v) is 5.12. The van der Waals surface area contributed by atoms with Crippen LogP contribution in [0.15, 0.2) is 71.5 Å². The fraction of sp³-hybridized carbons (Fsp3) is 0.214. The molecule has 0 spiro atoms. The Balaban J connectivity index is 1.40. The number of carbonyl (C=O) groups excluding carboxylic acids is 3. The van der Waals surface area contributed by atoms with Crippen LogP contribution in [0.2, 0.25) is 5.02 Å². The molecule has 0 aliphatic rings. The summed E-state index contributed by atoms with van der Waals surface area (Å²) in [7, 11) is 2.44. The van der Waals surface area contributed by atoms with Crippen LogP contribution < -0.4 is 9.61 Å². The predicted molar refractivity (Wildman–Crippen MR) is 144 cm³/mol. The summed E-state index contributed by atoms with van der Waals surface area (Å²) in [6, 6.07) is 18.9. The lowest BCUT2D eigenvalue weighted by molar-refractivity contribution is -0.158. The third kappa shape index (κ3) is 6.12. The normalized spacial score (nSPS) is 10.9. The van der Waals surface area contributed by atoms with Gasteiger partial charge in [-0.1, -0.05) is 47.2 Å². The molecule has 4 aromatic rings. The van der Waals surface area contributed by atoms with E-state index in [0.29, 0.717) is 33.1 Å². The standard InChI is InChI=1S/C28H24ClNO7S/c1-35-26(32)22(27(33)36-2)14-17-6-9-21(10-7-17)37-13-12-30-23-11-8-19(16-24(23)38-28(30)34)25(31)18-4-3-5-20(29)15-18/h3-11,15-16,22H,12-14H2,1-2H3. The Hall–Kier alpha value is -3.95. The Labute approximate surface area is 227 Å². The summed E-state index contributed by atoms with van der Waals surface area (Å²) in [5, 5.41) is 0.481. The number of halogens is 1. The monoisotopic (exact) mass is 553 g/mol. The van der Waals surface area contributed by atoms with E-state index in [-0.39, 0.29) is 23.7 Å². The zero-order valence-corrected chi connectivity index (χ0v) is 22.2. The first-order valence-corrected chi connectivity index (χ1v) is 12.8. The molecule has 0 aliphatic heterocycles. The van der Waals surface area contributed by atoms with Crippen LogP contribution >= 0.6 is 22.9 Å². The highest BCUT2D eigenvalue weighted by atomic mass is 35.5. The first kappa shape index (κ1) is 27.1. The van der Waals surface area contributed by atoms with E-state index >= 15 is 0 Å². The minimum atomic E-state index is -1.04. The van der Waals surface area contributed by atoms with Crippen LogP contribution in [0.4, 0.5) is 0 Å². The molecule has 0 unspecified atom stereocenters. The summed E-state index contributed by atoms with van der Waals surface area (Å²) in [4.78, 5) is 49.1. The van der Waals surface area contributed by atoms with Crippen LogP contribution in [0.5, 0.6) is 5.75 Å². The van der Waals surface area contributed by atoms with Crippen molar-refractivity contribution in [3.05, 3.63) is 98.1 Å². The van der Waals surface area contributed by atoms with E-state index in [9.17, 15) is 19.2 Å². The van der Waals surface area contributed by atoms with Gasteiger partial charge in [0.05, 0.1) is 31.0 Å². The van der Waals surface area contributed by atoms with E-state index in [0.717, 1.165) is 22.4 Å². The highest BCUT2D eigenvalue weighted by Crippen LogP contribution is 2.23. The first-order chi connectivity index (χ1) is 18.3. The van der Waals surface area contributed by atoms with Crippen LogP contribution in [-0.2, 0) is 32.0 Å². The van der Waals surface area contributed by atoms with Gasteiger partial charge in [0.1, 0.15) is 12.4 Å². The Bertz CT molecular complexity index is 1530. The Morgan fingerprint density at radius 1 is 0.921 bits per heavy atom. The molecule has 8 nitrogen and oxygen atoms in total. The fourth-order valence-electron chi connectivity index (χ4n) is 3.98. The van der Waals surface area contributed by atoms with Crippen molar-refractivity contribution in [3.8, 4) is 5.75 Å². The smallest absolute Gasteiger partial charge is 0.320 e. The van der Waals surface area contributed by atoms with Gasteiger partial charge in [0.25, 0.3) is 0 Å². The maximum absolute atomic E-state index is 12.8. The number of thiazole rings is 1. The van der Waals surface area contributed by atoms with E-state index < -0.39 is 17.9 Å². The molecule has 0 fully saturated rings. The molecule has 1 heterocycles. The highest BCUT2D eigenvalue weighted by Gasteiger charge is 2.28. The lowest BCUT2D eigenvalue weighted by Crippen LogP contribution is -2.28. The van der Waals surface area contributed by atoms with E-state index in [1.807, 2.05) is 0 Å². The van der Waals surface area contributed by atoms with Crippen LogP contribution in [0, 0.1) is 5.92 Å². The van der Waals surface area contributed by atoms with Crippen molar-refractivity contribution >= 4 is 50.9 Å². The van der Waals surface area contributed by atoms with Gasteiger partial charge in [-0.3, -0.25) is 23.7 Å². The minimum Gasteiger partial charge on any atom is -0.492 e. The topological polar surface area (TPSA) is 101 Å². The summed E-state index contributed by atoms with van der Waals surface area (Å²) in [5.74, 6) is -1.96. The minimum absolute atomic E-state index is 0.137. The van der Waals surface area contributed by atoms with E-state index in [1.165, 1.54) is 14.2 Å². The number of benzene rings is 3. The molecule has 0 N–H and O–H groups in total. The van der Waals surface area contributed by atoms with E-state index in [4.69, 9.17) is 16.3 Å². The molecule has 0 atom stereocenters. The van der Waals surface area contributed by atoms with Crippen molar-refractivity contribution < 1.29 is 28.6 Å². The summed E-state index contributed by atoms with van der Waals surface area (Å²) in [5.41, 5.74) is 2.42. The number of methoxy groups -OCH3 is 2. The maximum atomic E-state index is 12.8. The second-order valence-corrected chi connectivity index (χ2v) is 9.77. The molecule has 3 aromatic carbocycles. The number of esters is 2. The van der Waals surface area contributed by atoms with Gasteiger partial charge in [-0.15, -0.1) is 0 Å². The van der Waals surface area contributed by atoms with Crippen molar-refractivity contribution in [2.45, 2.75) is 13.0 Å². The largest absolute Gasteiger partial charge is 0.492 e. The molecule has 0 bridgehead atoms. The van der Waals surface area contributed by atoms with Gasteiger partial charge in [-0.25, -0.2) is 0 Å². The van der Waals surface area contributed by atoms with Gasteiger partial charge in [0.2, 0.25) is 0 Å². The molecule has 0 saturated heterocycles. The SMILES string of the molecule is COC(=O)C(Cc1ccc(OCCn2c(=O)sc3cc(C(=O)c4cccc(Cl)c4)ccc32)cc1)C(=O)OC. The molecule has 0 radical (unpaired) electrons. The van der Waals surface area contributed by atoms with Gasteiger partial charge in [-0.05, 0) is 54.4 Å². The summed E-state index contributed by atoms with van der Waals surface area (Å²) >= 11 is 7.08. The number of fused-ring (bicyclic) bond motifs is 1. The van der Waals surface area contributed by atoms with Gasteiger partial charge >= 0.3 is 16.8 Å². The van der Waals surface area contributed by atoms with Gasteiger partial charge in [0, 0.05) is 16.1 Å². The second kappa shape index (κ2) is 12.1. The third-order valence-corrected chi connectivity index (χ3v) is 7.11. The lowest BCUT2D eigenvalue weighted by Gasteiger charge is -2.13. The average Bonchev–Trinajstić information content (AvgIpc) is 3.25. The number of hydrogen-bond donors (Lipinski definition) is 0. The molecule has 10 heteroatoms. The van der Waals surface area contributed by atoms with E-state index in [2.05, 4.69) is 9.47 Å². The van der Waals surface area contributed by atoms with Gasteiger partial charge in [-0.2, -0.15) is 0 Å². The van der Waals surface area contributed by atoms with Crippen LogP contribution in [0.25, 0.3) is 10.2 Å². The maximum Gasteiger partial charge on any atom is 0.320 e. The van der Waals surface area contributed by atoms with Gasteiger partial charge in [0.15, 0.2) is 11.7 Å². The number of rotatable bonds is 10. The van der Waals surface area contributed by atoms with Crippen LogP contribution in [0.1, 0.15) is 21.5 Å². The van der Waals surface area contributed by atoms with Crippen molar-refractivity contribution in [2.75, 3.05) is 20.8 Å². The van der Waals surface area contributed by atoms with E-state index in [1.54, 1.807) is 71.3 Å². The molecular weight excluding hydrogens is 530 g/mol. The van der Waals surface area contributed by atoms with Gasteiger partial charge < -0.3 is 14.2 Å². The summed E-state index contributed by atoms with van der Waals surface area (Å²) in [6.45, 7) is 0.552. The first-order valence-electron chi connectivity index (χ1n) is 11.6. The molecule has 0 saturated carbocycles. The number of hydrogen-bond acceptors (Lipinski definition) is 8. The molecule has 38 heavy (non-hydrogen) atoms. The predicted octanol–water partition coefficient (Wildman–Crippen LogP) is 4.53. The number of aromatic nitrogens is 1. The zero-order chi connectivity index (χ0) is 27.2. The average molecular weight is 554 g/mol. The molecule has 0 amide bonds. The lowest BCUT2D eigenvalue weighted by atomic mass is 9.99.